The Morgan fingerprint density at radius 2 is 1.58 bits per heavy atom. The summed E-state index contributed by atoms with van der Waals surface area (Å²) < 4.78 is 12.6. The van der Waals surface area contributed by atoms with Crippen LogP contribution in [-0.4, -0.2) is 21.8 Å². The summed E-state index contributed by atoms with van der Waals surface area (Å²) in [5, 5.41) is 7.84. The Labute approximate surface area is 214 Å². The molecule has 36 heavy (non-hydrogen) atoms. The third-order valence-corrected chi connectivity index (χ3v) is 5.45. The number of benzene rings is 3. The van der Waals surface area contributed by atoms with E-state index < -0.39 is 0 Å². The molecule has 0 saturated carbocycles. The molecule has 3 aromatic carbocycles. The molecule has 0 saturated heterocycles. The Morgan fingerprint density at radius 3 is 2.25 bits per heavy atom. The van der Waals surface area contributed by atoms with Gasteiger partial charge < -0.3 is 14.8 Å². The summed E-state index contributed by atoms with van der Waals surface area (Å²) in [5.74, 6) is 0.875. The van der Waals surface area contributed by atoms with E-state index in [2.05, 4.69) is 10.4 Å². The Morgan fingerprint density at radius 1 is 0.917 bits per heavy atom. The van der Waals surface area contributed by atoms with Crippen molar-refractivity contribution in [2.75, 3.05) is 0 Å². The number of hydrogen-bond donors (Lipinski definition) is 1. The Bertz CT molecular complexity index is 1370. The van der Waals surface area contributed by atoms with E-state index in [4.69, 9.17) is 21.1 Å². The van der Waals surface area contributed by atoms with Crippen LogP contribution in [0.25, 0.3) is 5.69 Å². The lowest BCUT2D eigenvalue weighted by Crippen LogP contribution is -2.23. The Balaban J connectivity index is 1.38. The Kier molecular flexibility index (Phi) is 8.02. The molecule has 8 heteroatoms. The van der Waals surface area contributed by atoms with Crippen molar-refractivity contribution in [1.29, 1.82) is 0 Å². The first-order chi connectivity index (χ1) is 17.4. The largest absolute Gasteiger partial charge is 0.491 e. The number of halogens is 1. The smallest absolute Gasteiger partial charge is 0.271 e. The molecule has 0 aliphatic heterocycles. The first-order valence-electron chi connectivity index (χ1n) is 11.5. The zero-order valence-electron chi connectivity index (χ0n) is 20.0. The van der Waals surface area contributed by atoms with E-state index in [1.54, 1.807) is 36.4 Å². The zero-order chi connectivity index (χ0) is 25.5. The van der Waals surface area contributed by atoms with E-state index >= 15 is 0 Å². The number of aromatic nitrogens is 2. The summed E-state index contributed by atoms with van der Waals surface area (Å²) in [6, 6.07) is 24.5. The lowest BCUT2D eigenvalue weighted by molar-refractivity contribution is 0.0951. The summed E-state index contributed by atoms with van der Waals surface area (Å²) in [6.45, 7) is 4.62. The van der Waals surface area contributed by atoms with E-state index in [1.807, 2.05) is 50.2 Å². The molecule has 0 aliphatic carbocycles. The van der Waals surface area contributed by atoms with Crippen molar-refractivity contribution in [1.82, 2.24) is 15.1 Å². The average Bonchev–Trinajstić information content (AvgIpc) is 2.88. The van der Waals surface area contributed by atoms with Crippen LogP contribution in [0.5, 0.6) is 11.6 Å². The maximum Gasteiger partial charge on any atom is 0.271 e. The van der Waals surface area contributed by atoms with Crippen molar-refractivity contribution >= 4 is 17.5 Å². The van der Waals surface area contributed by atoms with Gasteiger partial charge in [-0.1, -0.05) is 35.9 Å². The van der Waals surface area contributed by atoms with Crippen molar-refractivity contribution in [3.05, 3.63) is 117 Å². The summed E-state index contributed by atoms with van der Waals surface area (Å²) in [5.41, 5.74) is 2.57. The standard InChI is InChI=1S/C28H26ClN3O4/c1-19(2)36-25-13-5-20(6-14-25)17-30-28(34)22-7-11-24(12-8-22)32-27(33)16-15-26(31-32)35-18-21-3-9-23(29)10-4-21/h3-16,19H,17-18H2,1-2H3,(H,30,34). The highest BCUT2D eigenvalue weighted by Gasteiger charge is 2.09. The molecular weight excluding hydrogens is 478 g/mol. The van der Waals surface area contributed by atoms with Crippen molar-refractivity contribution in [2.24, 2.45) is 0 Å². The van der Waals surface area contributed by atoms with Gasteiger partial charge in [0.2, 0.25) is 5.88 Å². The van der Waals surface area contributed by atoms with E-state index in [0.29, 0.717) is 28.7 Å². The normalized spacial score (nSPS) is 10.8. The second kappa shape index (κ2) is 11.6. The van der Waals surface area contributed by atoms with Crippen LogP contribution in [0.3, 0.4) is 0 Å². The van der Waals surface area contributed by atoms with Gasteiger partial charge in [-0.25, -0.2) is 0 Å². The number of nitrogens with one attached hydrogen (secondary N) is 1. The fourth-order valence-electron chi connectivity index (χ4n) is 3.39. The maximum atomic E-state index is 12.6. The molecule has 1 heterocycles. The van der Waals surface area contributed by atoms with Gasteiger partial charge in [-0.05, 0) is 73.5 Å². The molecule has 7 nitrogen and oxygen atoms in total. The lowest BCUT2D eigenvalue weighted by atomic mass is 10.1. The molecule has 4 rings (SSSR count). The van der Waals surface area contributed by atoms with Gasteiger partial charge in [0.25, 0.3) is 11.5 Å². The average molecular weight is 504 g/mol. The first kappa shape index (κ1) is 25.0. The van der Waals surface area contributed by atoms with Crippen LogP contribution in [0.4, 0.5) is 0 Å². The molecule has 0 unspecified atom stereocenters. The maximum absolute atomic E-state index is 12.6. The van der Waals surface area contributed by atoms with Crippen LogP contribution < -0.4 is 20.3 Å². The number of hydrogen-bond acceptors (Lipinski definition) is 5. The summed E-state index contributed by atoms with van der Waals surface area (Å²) in [7, 11) is 0. The minimum absolute atomic E-state index is 0.106. The molecule has 0 aliphatic rings. The summed E-state index contributed by atoms with van der Waals surface area (Å²) >= 11 is 5.91. The predicted octanol–water partition coefficient (Wildman–Crippen LogP) is 5.18. The van der Waals surface area contributed by atoms with Crippen molar-refractivity contribution < 1.29 is 14.3 Å². The van der Waals surface area contributed by atoms with E-state index in [9.17, 15) is 9.59 Å². The highest BCUT2D eigenvalue weighted by Crippen LogP contribution is 2.15. The molecule has 0 fully saturated rings. The molecule has 0 spiro atoms. The topological polar surface area (TPSA) is 82.4 Å². The highest BCUT2D eigenvalue weighted by molar-refractivity contribution is 6.30. The molecule has 4 aromatic rings. The molecular formula is C28H26ClN3O4. The van der Waals surface area contributed by atoms with E-state index in [0.717, 1.165) is 16.9 Å². The van der Waals surface area contributed by atoms with Crippen LogP contribution in [0.2, 0.25) is 5.02 Å². The number of nitrogens with zero attached hydrogens (tertiary/aromatic N) is 2. The lowest BCUT2D eigenvalue weighted by Gasteiger charge is -2.11. The number of carbonyl (C=O) groups is 1. The molecule has 184 valence electrons. The van der Waals surface area contributed by atoms with E-state index in [1.165, 1.54) is 16.8 Å². The van der Waals surface area contributed by atoms with Gasteiger partial charge >= 0.3 is 0 Å². The van der Waals surface area contributed by atoms with Crippen LogP contribution in [0.15, 0.2) is 89.7 Å². The van der Waals surface area contributed by atoms with Gasteiger partial charge in [0.05, 0.1) is 11.8 Å². The van der Waals surface area contributed by atoms with Gasteiger partial charge in [-0.2, -0.15) is 4.68 Å². The van der Waals surface area contributed by atoms with Crippen molar-refractivity contribution in [2.45, 2.75) is 33.1 Å². The second-order valence-corrected chi connectivity index (χ2v) is 8.81. The van der Waals surface area contributed by atoms with Gasteiger partial charge in [-0.3, -0.25) is 9.59 Å². The van der Waals surface area contributed by atoms with Gasteiger partial charge in [0.1, 0.15) is 12.4 Å². The SMILES string of the molecule is CC(C)Oc1ccc(CNC(=O)c2ccc(-n3nc(OCc4ccc(Cl)cc4)ccc3=O)cc2)cc1. The molecule has 1 aromatic heterocycles. The highest BCUT2D eigenvalue weighted by atomic mass is 35.5. The van der Waals surface area contributed by atoms with Gasteiger partial charge in [0.15, 0.2) is 0 Å². The van der Waals surface area contributed by atoms with Gasteiger partial charge in [-0.15, -0.1) is 5.10 Å². The minimum atomic E-state index is -0.309. The molecule has 0 bridgehead atoms. The molecule has 0 radical (unpaired) electrons. The summed E-state index contributed by atoms with van der Waals surface area (Å²) in [4.78, 5) is 25.0. The number of rotatable bonds is 9. The zero-order valence-corrected chi connectivity index (χ0v) is 20.7. The fraction of sp³-hybridized carbons (Fsp3) is 0.179. The minimum Gasteiger partial charge on any atom is -0.491 e. The second-order valence-electron chi connectivity index (χ2n) is 8.38. The first-order valence-corrected chi connectivity index (χ1v) is 11.9. The number of amides is 1. The van der Waals surface area contributed by atoms with Crippen molar-refractivity contribution in [3.8, 4) is 17.3 Å². The molecule has 1 amide bonds. The predicted molar refractivity (Wildman–Crippen MR) is 139 cm³/mol. The van der Waals surface area contributed by atoms with Crippen molar-refractivity contribution in [3.63, 3.8) is 0 Å². The third-order valence-electron chi connectivity index (χ3n) is 5.20. The van der Waals surface area contributed by atoms with Crippen LogP contribution in [-0.2, 0) is 13.2 Å². The third kappa shape index (κ3) is 6.73. The summed E-state index contributed by atoms with van der Waals surface area (Å²) in [6.07, 6.45) is 0.106. The van der Waals surface area contributed by atoms with Crippen LogP contribution in [0, 0.1) is 0 Å². The number of ether oxygens (including phenoxy) is 2. The fourth-order valence-corrected chi connectivity index (χ4v) is 3.52. The molecule has 0 atom stereocenters. The monoisotopic (exact) mass is 503 g/mol. The number of carbonyl (C=O) groups excluding carboxylic acids is 1. The Hall–Kier alpha value is -4.10. The molecule has 1 N–H and O–H groups in total. The van der Waals surface area contributed by atoms with Gasteiger partial charge in [0, 0.05) is 29.3 Å². The quantitative estimate of drug-likeness (QED) is 0.340. The van der Waals surface area contributed by atoms with Crippen LogP contribution in [0.1, 0.15) is 35.3 Å². The van der Waals surface area contributed by atoms with E-state index in [-0.39, 0.29) is 24.2 Å². The van der Waals surface area contributed by atoms with Crippen LogP contribution >= 0.6 is 11.6 Å².